The van der Waals surface area contributed by atoms with Crippen LogP contribution in [0.2, 0.25) is 0 Å². The molecular weight excluding hydrogens is 867 g/mol. The molecule has 4 N–H and O–H groups in total. The van der Waals surface area contributed by atoms with Crippen molar-refractivity contribution in [3.05, 3.63) is 78.4 Å². The van der Waals surface area contributed by atoms with Gasteiger partial charge in [0.2, 0.25) is 0 Å². The molecule has 0 saturated carbocycles. The fourth-order valence-electron chi connectivity index (χ4n) is 9.27. The van der Waals surface area contributed by atoms with E-state index in [1.54, 1.807) is 51.9 Å². The van der Waals surface area contributed by atoms with E-state index in [-0.39, 0.29) is 25.4 Å². The number of ketones is 1. The van der Waals surface area contributed by atoms with E-state index in [0.717, 1.165) is 5.57 Å². The Kier molecular flexibility index (Phi) is 20.8. The van der Waals surface area contributed by atoms with Crippen LogP contribution in [-0.2, 0) is 42.7 Å². The number of allylic oxidation sites excluding steroid dienone is 3. The minimum absolute atomic E-state index is 0.0127. The van der Waals surface area contributed by atoms with Crippen LogP contribution in [0, 0.1) is 23.7 Å². The number of aliphatic hydroxyl groups excluding tert-OH is 4. The topological polar surface area (TPSA) is 201 Å². The van der Waals surface area contributed by atoms with Crippen molar-refractivity contribution < 1.29 is 72.6 Å². The second kappa shape index (κ2) is 25.7. The number of hydrogen-bond acceptors (Lipinski definition) is 16. The number of para-hydroxylation sites is 1. The Balaban J connectivity index is 1.45. The number of esters is 1. The number of methoxy groups -OCH3 is 2. The number of rotatable bonds is 15. The van der Waals surface area contributed by atoms with E-state index >= 15 is 0 Å². The van der Waals surface area contributed by atoms with Gasteiger partial charge in [-0.25, -0.2) is 0 Å². The van der Waals surface area contributed by atoms with Crippen LogP contribution in [0.3, 0.4) is 0 Å². The van der Waals surface area contributed by atoms with Gasteiger partial charge in [0.05, 0.1) is 56.2 Å². The fourth-order valence-corrected chi connectivity index (χ4v) is 9.27. The fraction of sp³-hybridized carbons (Fsp3) is 0.647. The van der Waals surface area contributed by atoms with Crippen molar-refractivity contribution in [3.63, 3.8) is 0 Å². The second-order valence-corrected chi connectivity index (χ2v) is 18.5. The highest BCUT2D eigenvalue weighted by atomic mass is 16.7. The third kappa shape index (κ3) is 14.6. The van der Waals surface area contributed by atoms with E-state index in [0.29, 0.717) is 30.1 Å². The molecule has 16 heteroatoms. The smallest absolute Gasteiger partial charge is 0.308 e. The third-order valence-electron chi connectivity index (χ3n) is 13.3. The first kappa shape index (κ1) is 54.2. The normalized spacial score (nSPS) is 37.3. The molecule has 0 radical (unpaired) electrons. The molecule has 5 rings (SSSR count). The molecule has 17 atom stereocenters. The first-order valence-electron chi connectivity index (χ1n) is 23.5. The summed E-state index contributed by atoms with van der Waals surface area (Å²) in [5.74, 6) is -1.32. The lowest BCUT2D eigenvalue weighted by atomic mass is 9.79. The Morgan fingerprint density at radius 2 is 1.43 bits per heavy atom. The van der Waals surface area contributed by atoms with Gasteiger partial charge in [0.1, 0.15) is 47.8 Å². The molecule has 2 aromatic rings. The lowest BCUT2D eigenvalue weighted by molar-refractivity contribution is -0.304. The van der Waals surface area contributed by atoms with Gasteiger partial charge in [0.15, 0.2) is 18.4 Å². The molecular formula is C51H75NO15. The van der Waals surface area contributed by atoms with Crippen LogP contribution < -0.4 is 9.47 Å². The van der Waals surface area contributed by atoms with Gasteiger partial charge in [0, 0.05) is 38.0 Å². The molecule has 3 heterocycles. The highest BCUT2D eigenvalue weighted by Gasteiger charge is 2.48. The summed E-state index contributed by atoms with van der Waals surface area (Å²) in [5.41, 5.74) is 0.718. The number of aliphatic hydroxyl groups is 4. The number of likely N-dealkylation sites (N-methyl/N-ethyl adjacent to an activating group) is 1. The zero-order valence-electron chi connectivity index (χ0n) is 40.7. The summed E-state index contributed by atoms with van der Waals surface area (Å²) in [7, 11) is 6.45. The Morgan fingerprint density at radius 3 is 2.10 bits per heavy atom. The minimum atomic E-state index is -1.30. The lowest BCUT2D eigenvalue weighted by Gasteiger charge is -2.46. The van der Waals surface area contributed by atoms with E-state index < -0.39 is 116 Å². The van der Waals surface area contributed by atoms with Gasteiger partial charge in [-0.1, -0.05) is 62.8 Å². The maximum absolute atomic E-state index is 14.0. The van der Waals surface area contributed by atoms with Crippen LogP contribution in [0.1, 0.15) is 67.2 Å². The summed E-state index contributed by atoms with van der Waals surface area (Å²) in [4.78, 5) is 29.7. The Labute approximate surface area is 396 Å². The standard InChI is InChI=1S/C51H75NO15/c1-11-41-35(28-62-51-49(60-10)48(59-9)45(57)33(6)64-51)24-29(2)20-21-39(53)30(3)25-34(22-23-61-37-18-15-19-38(26-37)65-36-16-13-12-14-17-36)47(31(4)40(54)27-42(55)66-41)67-50-46(58)43(52(7)8)44(56)32(5)63-50/h12-21,24,26,30-35,40-41,43-51,54,56-58H,11,22-23,25,27-28H2,1-10H3/b21-20+,29-24+/t30-,31+,32-,33-,34+,35-,40-,41-,43+,44-,45-,46-,47-,48-,49-,50+,51-/m1/s1. The molecule has 0 bridgehead atoms. The average Bonchev–Trinajstić information content (AvgIpc) is 3.29. The molecule has 374 valence electrons. The summed E-state index contributed by atoms with van der Waals surface area (Å²) in [5, 5.41) is 45.4. The summed E-state index contributed by atoms with van der Waals surface area (Å²) in [6.45, 7) is 10.9. The summed E-state index contributed by atoms with van der Waals surface area (Å²) < 4.78 is 54.9. The molecule has 67 heavy (non-hydrogen) atoms. The van der Waals surface area contributed by atoms with Crippen LogP contribution in [0.15, 0.2) is 78.4 Å². The maximum atomic E-state index is 14.0. The van der Waals surface area contributed by atoms with Crippen LogP contribution >= 0.6 is 0 Å². The maximum Gasteiger partial charge on any atom is 0.308 e. The zero-order chi connectivity index (χ0) is 48.9. The predicted molar refractivity (Wildman–Crippen MR) is 248 cm³/mol. The highest BCUT2D eigenvalue weighted by molar-refractivity contribution is 5.91. The molecule has 0 aromatic heterocycles. The van der Waals surface area contributed by atoms with E-state index in [9.17, 15) is 30.0 Å². The minimum Gasteiger partial charge on any atom is -0.493 e. The lowest BCUT2D eigenvalue weighted by Crippen LogP contribution is -2.63. The zero-order valence-corrected chi connectivity index (χ0v) is 40.7. The van der Waals surface area contributed by atoms with E-state index in [2.05, 4.69) is 0 Å². The van der Waals surface area contributed by atoms with Crippen molar-refractivity contribution >= 4 is 11.8 Å². The molecule has 16 nitrogen and oxygen atoms in total. The number of benzene rings is 2. The van der Waals surface area contributed by atoms with Crippen LogP contribution in [0.4, 0.5) is 0 Å². The van der Waals surface area contributed by atoms with Gasteiger partial charge in [-0.05, 0) is 90.4 Å². The molecule has 0 amide bonds. The van der Waals surface area contributed by atoms with Crippen molar-refractivity contribution in [2.75, 3.05) is 41.5 Å². The van der Waals surface area contributed by atoms with Crippen molar-refractivity contribution in [2.45, 2.75) is 147 Å². The van der Waals surface area contributed by atoms with Crippen LogP contribution in [-0.4, -0.2) is 158 Å². The predicted octanol–water partition coefficient (Wildman–Crippen LogP) is 5.23. The van der Waals surface area contributed by atoms with Crippen molar-refractivity contribution in [1.29, 1.82) is 0 Å². The van der Waals surface area contributed by atoms with Gasteiger partial charge < -0.3 is 68.0 Å². The number of cyclic esters (lactones) is 1. The molecule has 2 saturated heterocycles. The first-order chi connectivity index (χ1) is 31.9. The Bertz CT molecular complexity index is 1900. The first-order valence-corrected chi connectivity index (χ1v) is 23.5. The quantitative estimate of drug-likeness (QED) is 0.169. The third-order valence-corrected chi connectivity index (χ3v) is 13.3. The number of carbonyl (C=O) groups is 2. The van der Waals surface area contributed by atoms with Gasteiger partial charge in [-0.2, -0.15) is 0 Å². The number of hydrogen-bond donors (Lipinski definition) is 4. The average molecular weight is 942 g/mol. The van der Waals surface area contributed by atoms with Crippen LogP contribution in [0.25, 0.3) is 0 Å². The highest BCUT2D eigenvalue weighted by Crippen LogP contribution is 2.36. The van der Waals surface area contributed by atoms with Gasteiger partial charge in [-0.3, -0.25) is 9.59 Å². The molecule has 2 aromatic carbocycles. The van der Waals surface area contributed by atoms with Crippen molar-refractivity contribution in [1.82, 2.24) is 4.90 Å². The van der Waals surface area contributed by atoms with Gasteiger partial charge in [-0.15, -0.1) is 0 Å². The number of carbonyl (C=O) groups excluding carboxylic acids is 2. The van der Waals surface area contributed by atoms with Crippen LogP contribution in [0.5, 0.6) is 17.2 Å². The Hall–Kier alpha value is -3.78. The van der Waals surface area contributed by atoms with Gasteiger partial charge in [0.25, 0.3) is 0 Å². The van der Waals surface area contributed by atoms with Gasteiger partial charge >= 0.3 is 5.97 Å². The van der Waals surface area contributed by atoms with Crippen molar-refractivity contribution in [3.8, 4) is 17.2 Å². The van der Waals surface area contributed by atoms with E-state index in [4.69, 9.17) is 42.6 Å². The van der Waals surface area contributed by atoms with Crippen molar-refractivity contribution in [2.24, 2.45) is 23.7 Å². The molecule has 3 aliphatic rings. The van der Waals surface area contributed by atoms with E-state index in [1.165, 1.54) is 20.3 Å². The molecule has 0 spiro atoms. The number of nitrogens with zero attached hydrogens (tertiary/aromatic N) is 1. The monoisotopic (exact) mass is 942 g/mol. The Morgan fingerprint density at radius 1 is 0.776 bits per heavy atom. The SMILES string of the molecule is CC[C@H]1OC(=O)C[C@@H](O)[C@H](C)[C@@H](O[C@@H]2O[C@H](C)[C@@H](O)[C@H](N(C)C)[C@H]2O)[C@@H](CCOc2cccc(Oc3ccccc3)c2)C[C@@H](C)C(=O)/C=C/C(C)=C/[C@@H]1CO[C@@H]1O[C@H](C)[C@@H](O)[C@@H](OC)[C@H]1OC. The number of ether oxygens (including phenoxy) is 9. The summed E-state index contributed by atoms with van der Waals surface area (Å²) >= 11 is 0. The largest absolute Gasteiger partial charge is 0.493 e. The molecule has 3 aliphatic heterocycles. The second-order valence-electron chi connectivity index (χ2n) is 18.5. The molecule has 0 unspecified atom stereocenters. The molecule has 0 aliphatic carbocycles. The summed E-state index contributed by atoms with van der Waals surface area (Å²) in [6.07, 6.45) is -5.43. The van der Waals surface area contributed by atoms with E-state index in [1.807, 2.05) is 75.4 Å². The summed E-state index contributed by atoms with van der Waals surface area (Å²) in [6, 6.07) is 15.9. The molecule has 2 fully saturated rings.